The van der Waals surface area contributed by atoms with Gasteiger partial charge < -0.3 is 9.32 Å². The second-order valence-corrected chi connectivity index (χ2v) is 5.56. The quantitative estimate of drug-likeness (QED) is 0.829. The molecule has 4 heteroatoms. The Labute approximate surface area is 111 Å². The number of rotatable bonds is 2. The fourth-order valence-corrected chi connectivity index (χ4v) is 2.82. The summed E-state index contributed by atoms with van der Waals surface area (Å²) in [7, 11) is 0. The van der Waals surface area contributed by atoms with Gasteiger partial charge in [-0.3, -0.25) is 4.79 Å². The van der Waals surface area contributed by atoms with Crippen LogP contribution in [0.25, 0.3) is 11.1 Å². The van der Waals surface area contributed by atoms with Gasteiger partial charge in [-0.2, -0.15) is 0 Å². The van der Waals surface area contributed by atoms with E-state index >= 15 is 0 Å². The van der Waals surface area contributed by atoms with Gasteiger partial charge in [0, 0.05) is 19.0 Å². The van der Waals surface area contributed by atoms with Gasteiger partial charge >= 0.3 is 0 Å². The maximum Gasteiger partial charge on any atom is 0.225 e. The third-order valence-electron chi connectivity index (χ3n) is 4.09. The first-order valence-corrected chi connectivity index (χ1v) is 6.95. The van der Waals surface area contributed by atoms with Crippen LogP contribution in [0.15, 0.2) is 28.7 Å². The number of carbonyl (C=O) groups is 1. The lowest BCUT2D eigenvalue weighted by molar-refractivity contribution is -0.131. The molecule has 1 aromatic carbocycles. The number of carbonyl (C=O) groups excluding carboxylic acids is 1. The van der Waals surface area contributed by atoms with Gasteiger partial charge in [0.25, 0.3) is 0 Å². The number of hydrogen-bond acceptors (Lipinski definition) is 3. The van der Waals surface area contributed by atoms with Crippen molar-refractivity contribution >= 4 is 17.0 Å². The number of aromatic nitrogens is 1. The summed E-state index contributed by atoms with van der Waals surface area (Å²) in [5.74, 6) is 1.68. The summed E-state index contributed by atoms with van der Waals surface area (Å²) in [5, 5.41) is 0. The monoisotopic (exact) mass is 256 g/mol. The van der Waals surface area contributed by atoms with E-state index in [-0.39, 0.29) is 5.92 Å². The molecule has 19 heavy (non-hydrogen) atoms. The van der Waals surface area contributed by atoms with Gasteiger partial charge in [0.2, 0.25) is 5.91 Å². The summed E-state index contributed by atoms with van der Waals surface area (Å²) >= 11 is 0. The van der Waals surface area contributed by atoms with E-state index in [0.29, 0.717) is 11.8 Å². The van der Waals surface area contributed by atoms with E-state index in [2.05, 4.69) is 4.98 Å². The smallest absolute Gasteiger partial charge is 0.225 e. The molecule has 2 aliphatic rings. The third-order valence-corrected chi connectivity index (χ3v) is 4.09. The Kier molecular flexibility index (Phi) is 2.37. The molecule has 1 saturated heterocycles. The number of oxazole rings is 1. The highest BCUT2D eigenvalue weighted by Crippen LogP contribution is 2.35. The SMILES string of the molecule is O=C(C1CC1)N1CCC(c2nc3ccccc3o2)C1. The number of hydrogen-bond donors (Lipinski definition) is 0. The average molecular weight is 256 g/mol. The summed E-state index contributed by atoms with van der Waals surface area (Å²) in [4.78, 5) is 18.6. The summed E-state index contributed by atoms with van der Waals surface area (Å²) < 4.78 is 5.81. The molecule has 4 rings (SSSR count). The van der Waals surface area contributed by atoms with Crippen LogP contribution in [-0.2, 0) is 4.79 Å². The minimum absolute atomic E-state index is 0.259. The second-order valence-electron chi connectivity index (χ2n) is 5.56. The number of nitrogens with zero attached hydrogens (tertiary/aromatic N) is 2. The number of amides is 1. The normalized spacial score (nSPS) is 23.2. The Morgan fingerprint density at radius 2 is 2.11 bits per heavy atom. The van der Waals surface area contributed by atoms with Crippen LogP contribution in [-0.4, -0.2) is 28.9 Å². The molecule has 1 aliphatic carbocycles. The predicted molar refractivity (Wildman–Crippen MR) is 70.7 cm³/mol. The van der Waals surface area contributed by atoms with Crippen LogP contribution in [0.3, 0.4) is 0 Å². The number of para-hydroxylation sites is 2. The molecule has 2 heterocycles. The fraction of sp³-hybridized carbons (Fsp3) is 0.467. The molecular formula is C15H16N2O2. The topological polar surface area (TPSA) is 46.3 Å². The van der Waals surface area contributed by atoms with Crippen molar-refractivity contribution in [1.29, 1.82) is 0 Å². The molecule has 0 N–H and O–H groups in total. The van der Waals surface area contributed by atoms with Crippen molar-refractivity contribution in [3.8, 4) is 0 Å². The third kappa shape index (κ3) is 1.91. The molecule has 0 radical (unpaired) electrons. The van der Waals surface area contributed by atoms with E-state index in [1.807, 2.05) is 29.2 Å². The minimum atomic E-state index is 0.259. The molecule has 1 amide bonds. The summed E-state index contributed by atoms with van der Waals surface area (Å²) in [6.07, 6.45) is 3.11. The number of fused-ring (bicyclic) bond motifs is 1. The lowest BCUT2D eigenvalue weighted by Gasteiger charge is -2.15. The van der Waals surface area contributed by atoms with Gasteiger partial charge in [0.1, 0.15) is 5.52 Å². The summed E-state index contributed by atoms with van der Waals surface area (Å²) in [6.45, 7) is 1.61. The molecule has 98 valence electrons. The van der Waals surface area contributed by atoms with E-state index in [1.54, 1.807) is 0 Å². The maximum atomic E-state index is 12.0. The highest BCUT2D eigenvalue weighted by molar-refractivity contribution is 5.81. The highest BCUT2D eigenvalue weighted by atomic mass is 16.3. The zero-order chi connectivity index (χ0) is 12.8. The van der Waals surface area contributed by atoms with Crippen molar-refractivity contribution in [3.05, 3.63) is 30.2 Å². The molecule has 1 saturated carbocycles. The molecule has 1 aromatic heterocycles. The van der Waals surface area contributed by atoms with Crippen molar-refractivity contribution in [2.75, 3.05) is 13.1 Å². The molecule has 0 spiro atoms. The van der Waals surface area contributed by atoms with E-state index in [4.69, 9.17) is 4.42 Å². The number of benzene rings is 1. The van der Waals surface area contributed by atoms with Crippen LogP contribution in [0.2, 0.25) is 0 Å². The first-order chi connectivity index (χ1) is 9.31. The Hall–Kier alpha value is -1.84. The molecule has 2 fully saturated rings. The Bertz CT molecular complexity index is 597. The van der Waals surface area contributed by atoms with Crippen molar-refractivity contribution < 1.29 is 9.21 Å². The summed E-state index contributed by atoms with van der Waals surface area (Å²) in [6, 6.07) is 7.82. The van der Waals surface area contributed by atoms with Gasteiger partial charge in [0.15, 0.2) is 11.5 Å². The van der Waals surface area contributed by atoms with Crippen LogP contribution < -0.4 is 0 Å². The Balaban J connectivity index is 1.55. The van der Waals surface area contributed by atoms with Gasteiger partial charge in [-0.1, -0.05) is 12.1 Å². The molecule has 1 aliphatic heterocycles. The standard InChI is InChI=1S/C15H16N2O2/c18-15(10-5-6-10)17-8-7-11(9-17)14-16-12-3-1-2-4-13(12)19-14/h1-4,10-11H,5-9H2. The van der Waals surface area contributed by atoms with Gasteiger partial charge in [-0.25, -0.2) is 4.98 Å². The zero-order valence-corrected chi connectivity index (χ0v) is 10.7. The van der Waals surface area contributed by atoms with E-state index in [1.165, 1.54) is 0 Å². The lowest BCUT2D eigenvalue weighted by atomic mass is 10.1. The first-order valence-electron chi connectivity index (χ1n) is 6.95. The first kappa shape index (κ1) is 11.0. The van der Waals surface area contributed by atoms with Crippen LogP contribution in [0.1, 0.15) is 31.1 Å². The largest absolute Gasteiger partial charge is 0.440 e. The number of likely N-dealkylation sites (tertiary alicyclic amines) is 1. The van der Waals surface area contributed by atoms with Gasteiger partial charge in [-0.05, 0) is 31.4 Å². The fourth-order valence-electron chi connectivity index (χ4n) is 2.82. The van der Waals surface area contributed by atoms with Crippen molar-refractivity contribution in [1.82, 2.24) is 9.88 Å². The van der Waals surface area contributed by atoms with Crippen molar-refractivity contribution in [2.45, 2.75) is 25.2 Å². The van der Waals surface area contributed by atoms with E-state index in [0.717, 1.165) is 49.3 Å². The van der Waals surface area contributed by atoms with Gasteiger partial charge in [0.05, 0.1) is 5.92 Å². The van der Waals surface area contributed by atoms with Crippen LogP contribution in [0.4, 0.5) is 0 Å². The zero-order valence-electron chi connectivity index (χ0n) is 10.7. The molecule has 1 unspecified atom stereocenters. The molecule has 1 atom stereocenters. The van der Waals surface area contributed by atoms with Crippen molar-refractivity contribution in [3.63, 3.8) is 0 Å². The van der Waals surface area contributed by atoms with Crippen molar-refractivity contribution in [2.24, 2.45) is 5.92 Å². The maximum absolute atomic E-state index is 12.0. The van der Waals surface area contributed by atoms with Gasteiger partial charge in [-0.15, -0.1) is 0 Å². The Morgan fingerprint density at radius 3 is 2.89 bits per heavy atom. The lowest BCUT2D eigenvalue weighted by Crippen LogP contribution is -2.29. The molecule has 0 bridgehead atoms. The highest BCUT2D eigenvalue weighted by Gasteiger charge is 2.38. The Morgan fingerprint density at radius 1 is 1.26 bits per heavy atom. The minimum Gasteiger partial charge on any atom is -0.440 e. The second kappa shape index (κ2) is 4.08. The average Bonchev–Trinajstić information content (AvgIpc) is 3.01. The molecule has 2 aromatic rings. The van der Waals surface area contributed by atoms with E-state index < -0.39 is 0 Å². The van der Waals surface area contributed by atoms with Crippen LogP contribution in [0.5, 0.6) is 0 Å². The van der Waals surface area contributed by atoms with Crippen LogP contribution in [0, 0.1) is 5.92 Å². The van der Waals surface area contributed by atoms with Crippen LogP contribution >= 0.6 is 0 Å². The molecular weight excluding hydrogens is 240 g/mol. The summed E-state index contributed by atoms with van der Waals surface area (Å²) in [5.41, 5.74) is 1.74. The predicted octanol–water partition coefficient (Wildman–Crippen LogP) is 2.55. The molecule has 4 nitrogen and oxygen atoms in total. The van der Waals surface area contributed by atoms with E-state index in [9.17, 15) is 4.79 Å².